The summed E-state index contributed by atoms with van der Waals surface area (Å²) in [7, 11) is 1.65. The zero-order valence-electron chi connectivity index (χ0n) is 15.6. The van der Waals surface area contributed by atoms with Crippen LogP contribution in [0.1, 0.15) is 42.0 Å². The standard InChI is InChI=1S/C20H28N4O2/c1-15-13-22-23-20(15)17-7-10-24(11-8-17)12-9-19(25)21-14-16-3-5-18(26-2)6-4-16/h3-6,13,17H,7-12,14H2,1-2H3,(H,21,25)(H,22,23). The first-order chi connectivity index (χ1) is 12.7. The normalized spacial score (nSPS) is 15.8. The Morgan fingerprint density at radius 3 is 2.65 bits per heavy atom. The van der Waals surface area contributed by atoms with Gasteiger partial charge < -0.3 is 15.0 Å². The fourth-order valence-corrected chi connectivity index (χ4v) is 3.51. The fourth-order valence-electron chi connectivity index (χ4n) is 3.51. The summed E-state index contributed by atoms with van der Waals surface area (Å²) in [5.41, 5.74) is 3.61. The number of likely N-dealkylation sites (tertiary alicyclic amines) is 1. The highest BCUT2D eigenvalue weighted by atomic mass is 16.5. The number of carbonyl (C=O) groups is 1. The summed E-state index contributed by atoms with van der Waals surface area (Å²) in [6.07, 6.45) is 4.69. The van der Waals surface area contributed by atoms with Gasteiger partial charge >= 0.3 is 0 Å². The second-order valence-corrected chi connectivity index (χ2v) is 6.96. The molecule has 1 amide bonds. The highest BCUT2D eigenvalue weighted by molar-refractivity contribution is 5.76. The Hall–Kier alpha value is -2.34. The summed E-state index contributed by atoms with van der Waals surface area (Å²) in [6.45, 7) is 5.56. The van der Waals surface area contributed by atoms with Gasteiger partial charge in [0.1, 0.15) is 5.75 Å². The number of rotatable bonds is 7. The van der Waals surface area contributed by atoms with Gasteiger partial charge in [-0.05, 0) is 56.1 Å². The molecule has 1 aromatic carbocycles. The quantitative estimate of drug-likeness (QED) is 0.800. The number of hydrogen-bond donors (Lipinski definition) is 2. The molecule has 0 saturated carbocycles. The summed E-state index contributed by atoms with van der Waals surface area (Å²) >= 11 is 0. The van der Waals surface area contributed by atoms with Gasteiger partial charge in [-0.2, -0.15) is 5.10 Å². The van der Waals surface area contributed by atoms with E-state index in [4.69, 9.17) is 4.74 Å². The van der Waals surface area contributed by atoms with Gasteiger partial charge in [-0.25, -0.2) is 0 Å². The maximum atomic E-state index is 12.1. The van der Waals surface area contributed by atoms with Crippen LogP contribution in [-0.2, 0) is 11.3 Å². The van der Waals surface area contributed by atoms with Gasteiger partial charge in [0.2, 0.25) is 5.91 Å². The van der Waals surface area contributed by atoms with Crippen molar-refractivity contribution in [1.82, 2.24) is 20.4 Å². The predicted octanol–water partition coefficient (Wildman–Crippen LogP) is 2.61. The van der Waals surface area contributed by atoms with Crippen molar-refractivity contribution in [1.29, 1.82) is 0 Å². The molecule has 26 heavy (non-hydrogen) atoms. The maximum absolute atomic E-state index is 12.1. The molecule has 1 aliphatic heterocycles. The Labute approximate surface area is 154 Å². The van der Waals surface area contributed by atoms with E-state index >= 15 is 0 Å². The summed E-state index contributed by atoms with van der Waals surface area (Å²) in [6, 6.07) is 7.77. The molecule has 1 aromatic heterocycles. The van der Waals surface area contributed by atoms with Gasteiger partial charge in [0, 0.05) is 31.1 Å². The lowest BCUT2D eigenvalue weighted by atomic mass is 9.91. The number of methoxy groups -OCH3 is 1. The number of amides is 1. The molecule has 1 aliphatic rings. The van der Waals surface area contributed by atoms with E-state index in [-0.39, 0.29) is 5.91 Å². The minimum atomic E-state index is 0.104. The van der Waals surface area contributed by atoms with Crippen LogP contribution in [0.2, 0.25) is 0 Å². The van der Waals surface area contributed by atoms with Gasteiger partial charge in [0.15, 0.2) is 0 Å². The van der Waals surface area contributed by atoms with Crippen LogP contribution in [0.15, 0.2) is 30.5 Å². The van der Waals surface area contributed by atoms with E-state index in [1.165, 1.54) is 11.3 Å². The van der Waals surface area contributed by atoms with Crippen LogP contribution >= 0.6 is 0 Å². The van der Waals surface area contributed by atoms with Gasteiger partial charge in [0.25, 0.3) is 0 Å². The SMILES string of the molecule is COc1ccc(CNC(=O)CCN2CCC(c3[nH]ncc3C)CC2)cc1. The van der Waals surface area contributed by atoms with Crippen molar-refractivity contribution in [2.45, 2.75) is 38.6 Å². The fraction of sp³-hybridized carbons (Fsp3) is 0.500. The van der Waals surface area contributed by atoms with Crippen molar-refractivity contribution < 1.29 is 9.53 Å². The molecule has 0 atom stereocenters. The molecule has 6 heteroatoms. The lowest BCUT2D eigenvalue weighted by molar-refractivity contribution is -0.121. The van der Waals surface area contributed by atoms with Crippen LogP contribution in [0.5, 0.6) is 5.75 Å². The molecule has 1 fully saturated rings. The van der Waals surface area contributed by atoms with E-state index < -0.39 is 0 Å². The van der Waals surface area contributed by atoms with E-state index in [9.17, 15) is 4.79 Å². The van der Waals surface area contributed by atoms with E-state index in [1.807, 2.05) is 30.5 Å². The van der Waals surface area contributed by atoms with E-state index in [2.05, 4.69) is 27.3 Å². The average molecular weight is 356 g/mol. The average Bonchev–Trinajstić information content (AvgIpc) is 3.11. The van der Waals surface area contributed by atoms with Crippen LogP contribution in [0.4, 0.5) is 0 Å². The first-order valence-corrected chi connectivity index (χ1v) is 9.27. The van der Waals surface area contributed by atoms with Gasteiger partial charge in [-0.1, -0.05) is 12.1 Å². The Morgan fingerprint density at radius 1 is 1.31 bits per heavy atom. The van der Waals surface area contributed by atoms with Crippen molar-refractivity contribution in [3.63, 3.8) is 0 Å². The first kappa shape index (κ1) is 18.5. The second kappa shape index (κ2) is 8.85. The summed E-state index contributed by atoms with van der Waals surface area (Å²) < 4.78 is 5.14. The summed E-state index contributed by atoms with van der Waals surface area (Å²) in [5, 5.41) is 10.3. The number of aromatic nitrogens is 2. The number of aromatic amines is 1. The molecule has 2 N–H and O–H groups in total. The van der Waals surface area contributed by atoms with Crippen LogP contribution in [0.25, 0.3) is 0 Å². The van der Waals surface area contributed by atoms with Gasteiger partial charge in [-0.15, -0.1) is 0 Å². The highest BCUT2D eigenvalue weighted by Crippen LogP contribution is 2.28. The molecule has 6 nitrogen and oxygen atoms in total. The number of benzene rings is 1. The third kappa shape index (κ3) is 4.85. The Bertz CT molecular complexity index is 703. The number of nitrogens with zero attached hydrogens (tertiary/aromatic N) is 2. The predicted molar refractivity (Wildman–Crippen MR) is 101 cm³/mol. The number of carbonyl (C=O) groups excluding carboxylic acids is 1. The van der Waals surface area contributed by atoms with E-state index in [1.54, 1.807) is 7.11 Å². The molecular formula is C20H28N4O2. The number of hydrogen-bond acceptors (Lipinski definition) is 4. The molecule has 0 unspecified atom stereocenters. The minimum Gasteiger partial charge on any atom is -0.497 e. The topological polar surface area (TPSA) is 70.2 Å². The largest absolute Gasteiger partial charge is 0.497 e. The van der Waals surface area contributed by atoms with Crippen LogP contribution < -0.4 is 10.1 Å². The van der Waals surface area contributed by atoms with Gasteiger partial charge in [0.05, 0.1) is 13.3 Å². The zero-order valence-corrected chi connectivity index (χ0v) is 15.6. The number of aryl methyl sites for hydroxylation is 1. The smallest absolute Gasteiger partial charge is 0.221 e. The molecule has 2 aromatic rings. The number of H-pyrrole nitrogens is 1. The molecule has 0 radical (unpaired) electrons. The monoisotopic (exact) mass is 356 g/mol. The maximum Gasteiger partial charge on any atom is 0.221 e. The third-order valence-corrected chi connectivity index (χ3v) is 5.17. The lowest BCUT2D eigenvalue weighted by Gasteiger charge is -2.31. The van der Waals surface area contributed by atoms with Crippen LogP contribution in [0.3, 0.4) is 0 Å². The van der Waals surface area contributed by atoms with Crippen molar-refractivity contribution in [3.8, 4) is 5.75 Å². The number of nitrogens with one attached hydrogen (secondary N) is 2. The van der Waals surface area contributed by atoms with E-state index in [0.29, 0.717) is 18.9 Å². The van der Waals surface area contributed by atoms with Crippen LogP contribution in [-0.4, -0.2) is 47.7 Å². The molecule has 1 saturated heterocycles. The van der Waals surface area contributed by atoms with E-state index in [0.717, 1.165) is 43.8 Å². The lowest BCUT2D eigenvalue weighted by Crippen LogP contribution is -2.36. The second-order valence-electron chi connectivity index (χ2n) is 6.96. The van der Waals surface area contributed by atoms with Crippen molar-refractivity contribution in [3.05, 3.63) is 47.3 Å². The highest BCUT2D eigenvalue weighted by Gasteiger charge is 2.23. The number of ether oxygens (including phenoxy) is 1. The van der Waals surface area contributed by atoms with Crippen molar-refractivity contribution in [2.24, 2.45) is 0 Å². The molecule has 0 bridgehead atoms. The Balaban J connectivity index is 1.35. The number of piperidine rings is 1. The minimum absolute atomic E-state index is 0.104. The molecule has 0 spiro atoms. The third-order valence-electron chi connectivity index (χ3n) is 5.17. The van der Waals surface area contributed by atoms with Gasteiger partial charge in [-0.3, -0.25) is 9.89 Å². The van der Waals surface area contributed by atoms with Crippen LogP contribution in [0, 0.1) is 6.92 Å². The molecule has 140 valence electrons. The summed E-state index contributed by atoms with van der Waals surface area (Å²) in [5.74, 6) is 1.50. The first-order valence-electron chi connectivity index (χ1n) is 9.27. The molecule has 0 aliphatic carbocycles. The Morgan fingerprint density at radius 2 is 2.04 bits per heavy atom. The molecule has 2 heterocycles. The molecular weight excluding hydrogens is 328 g/mol. The summed E-state index contributed by atoms with van der Waals surface area (Å²) in [4.78, 5) is 14.5. The Kier molecular flexibility index (Phi) is 6.28. The molecule has 3 rings (SSSR count). The van der Waals surface area contributed by atoms with Crippen molar-refractivity contribution in [2.75, 3.05) is 26.7 Å². The van der Waals surface area contributed by atoms with Crippen molar-refractivity contribution >= 4 is 5.91 Å². The zero-order chi connectivity index (χ0) is 18.4.